The van der Waals surface area contributed by atoms with Gasteiger partial charge in [-0.15, -0.1) is 0 Å². The molecule has 1 fully saturated rings. The fourth-order valence-corrected chi connectivity index (χ4v) is 2.21. The van der Waals surface area contributed by atoms with Crippen molar-refractivity contribution in [3.8, 4) is 0 Å². The van der Waals surface area contributed by atoms with Crippen LogP contribution in [0, 0.1) is 0 Å². The first kappa shape index (κ1) is 15.2. The zero-order valence-electron chi connectivity index (χ0n) is 11.7. The van der Waals surface area contributed by atoms with Crippen molar-refractivity contribution in [3.63, 3.8) is 0 Å². The Balaban J connectivity index is 2.27. The number of carbonyl (C=O) groups is 1. The van der Waals surface area contributed by atoms with Crippen molar-refractivity contribution in [1.29, 1.82) is 0 Å². The number of rotatable bonds is 5. The van der Waals surface area contributed by atoms with Crippen LogP contribution in [-0.2, 0) is 4.74 Å². The van der Waals surface area contributed by atoms with E-state index in [1.54, 1.807) is 0 Å². The lowest BCUT2D eigenvalue weighted by atomic mass is 10.2. The van der Waals surface area contributed by atoms with E-state index in [4.69, 9.17) is 9.84 Å². The van der Waals surface area contributed by atoms with Gasteiger partial charge in [0.2, 0.25) is 0 Å². The van der Waals surface area contributed by atoms with Crippen molar-refractivity contribution < 1.29 is 14.6 Å². The van der Waals surface area contributed by atoms with E-state index in [0.29, 0.717) is 12.6 Å². The number of hydrogen-bond donors (Lipinski definition) is 2. The number of likely N-dealkylation sites (tertiary alicyclic amines) is 1. The van der Waals surface area contributed by atoms with Crippen LogP contribution >= 0.6 is 0 Å². The molecule has 0 aromatic rings. The molecule has 0 aliphatic carbocycles. The van der Waals surface area contributed by atoms with Gasteiger partial charge < -0.3 is 15.2 Å². The van der Waals surface area contributed by atoms with Crippen LogP contribution in [0.3, 0.4) is 0 Å². The summed E-state index contributed by atoms with van der Waals surface area (Å²) in [5.74, 6) is 0. The minimum absolute atomic E-state index is 0.225. The van der Waals surface area contributed by atoms with Gasteiger partial charge in [-0.25, -0.2) is 4.79 Å². The minimum atomic E-state index is -0.448. The van der Waals surface area contributed by atoms with E-state index in [9.17, 15) is 4.79 Å². The van der Waals surface area contributed by atoms with Crippen LogP contribution in [0.4, 0.5) is 4.79 Å². The second kappa shape index (κ2) is 6.95. The zero-order chi connectivity index (χ0) is 13.6. The Morgan fingerprint density at radius 3 is 2.83 bits per heavy atom. The smallest absolute Gasteiger partial charge is 0.407 e. The van der Waals surface area contributed by atoms with Gasteiger partial charge in [0.15, 0.2) is 0 Å². The monoisotopic (exact) mass is 258 g/mol. The van der Waals surface area contributed by atoms with Gasteiger partial charge in [-0.3, -0.25) is 4.90 Å². The maximum absolute atomic E-state index is 11.5. The highest BCUT2D eigenvalue weighted by atomic mass is 16.6. The molecular weight excluding hydrogens is 232 g/mol. The molecule has 0 spiro atoms. The van der Waals surface area contributed by atoms with Crippen molar-refractivity contribution in [3.05, 3.63) is 0 Å². The van der Waals surface area contributed by atoms with E-state index in [1.165, 1.54) is 0 Å². The Morgan fingerprint density at radius 2 is 2.22 bits per heavy atom. The standard InChI is InChI=1S/C13H26N2O3/c1-13(2,3)18-12(17)14-10-11-6-4-7-15(11)8-5-9-16/h11,16H,4-10H2,1-3H3,(H,14,17). The molecule has 0 radical (unpaired) electrons. The molecule has 0 bridgehead atoms. The largest absolute Gasteiger partial charge is 0.444 e. The number of nitrogens with one attached hydrogen (secondary N) is 1. The first-order valence-corrected chi connectivity index (χ1v) is 6.74. The average Bonchev–Trinajstić information content (AvgIpc) is 2.68. The SMILES string of the molecule is CC(C)(C)OC(=O)NCC1CCCN1CCCO. The van der Waals surface area contributed by atoms with E-state index in [2.05, 4.69) is 10.2 Å². The first-order valence-electron chi connectivity index (χ1n) is 6.74. The summed E-state index contributed by atoms with van der Waals surface area (Å²) in [6.07, 6.45) is 2.70. The lowest BCUT2D eigenvalue weighted by molar-refractivity contribution is 0.0512. The van der Waals surface area contributed by atoms with Gasteiger partial charge in [-0.2, -0.15) is 0 Å². The summed E-state index contributed by atoms with van der Waals surface area (Å²) in [6, 6.07) is 0.379. The normalized spacial score (nSPS) is 21.0. The van der Waals surface area contributed by atoms with Crippen LogP contribution in [0.1, 0.15) is 40.0 Å². The van der Waals surface area contributed by atoms with Gasteiger partial charge in [0.1, 0.15) is 5.60 Å². The van der Waals surface area contributed by atoms with E-state index in [-0.39, 0.29) is 12.7 Å². The lowest BCUT2D eigenvalue weighted by Crippen LogP contribution is -2.42. The molecule has 106 valence electrons. The molecule has 1 atom stereocenters. The summed E-state index contributed by atoms with van der Waals surface area (Å²) in [6.45, 7) is 8.38. The van der Waals surface area contributed by atoms with Gasteiger partial charge in [-0.1, -0.05) is 0 Å². The Kier molecular flexibility index (Phi) is 5.88. The topological polar surface area (TPSA) is 61.8 Å². The quantitative estimate of drug-likeness (QED) is 0.781. The number of hydrogen-bond acceptors (Lipinski definition) is 4. The van der Waals surface area contributed by atoms with Crippen LogP contribution < -0.4 is 5.32 Å². The second-order valence-electron chi connectivity index (χ2n) is 5.79. The molecule has 1 unspecified atom stereocenters. The average molecular weight is 258 g/mol. The fraction of sp³-hybridized carbons (Fsp3) is 0.923. The number of carbonyl (C=O) groups excluding carboxylic acids is 1. The Morgan fingerprint density at radius 1 is 1.50 bits per heavy atom. The molecule has 1 aliphatic rings. The van der Waals surface area contributed by atoms with Crippen molar-refractivity contribution in [2.45, 2.75) is 51.7 Å². The Hall–Kier alpha value is -0.810. The summed E-state index contributed by atoms with van der Waals surface area (Å²) in [5, 5.41) is 11.7. The third-order valence-electron chi connectivity index (χ3n) is 2.98. The molecule has 1 saturated heterocycles. The maximum atomic E-state index is 11.5. The van der Waals surface area contributed by atoms with E-state index in [0.717, 1.165) is 32.4 Å². The molecule has 1 heterocycles. The maximum Gasteiger partial charge on any atom is 0.407 e. The first-order chi connectivity index (χ1) is 8.42. The molecule has 0 aromatic heterocycles. The lowest BCUT2D eigenvalue weighted by Gasteiger charge is -2.25. The summed E-state index contributed by atoms with van der Waals surface area (Å²) < 4.78 is 5.21. The summed E-state index contributed by atoms with van der Waals surface area (Å²) in [4.78, 5) is 13.9. The number of nitrogens with zero attached hydrogens (tertiary/aromatic N) is 1. The molecule has 0 aromatic carbocycles. The molecule has 5 nitrogen and oxygen atoms in total. The number of alkyl carbamates (subject to hydrolysis) is 1. The predicted octanol–water partition coefficient (Wildman–Crippen LogP) is 1.36. The van der Waals surface area contributed by atoms with Crippen LogP contribution in [0.25, 0.3) is 0 Å². The zero-order valence-corrected chi connectivity index (χ0v) is 11.7. The summed E-state index contributed by atoms with van der Waals surface area (Å²) >= 11 is 0. The summed E-state index contributed by atoms with van der Waals surface area (Å²) in [7, 11) is 0. The molecule has 5 heteroatoms. The van der Waals surface area contributed by atoms with E-state index in [1.807, 2.05) is 20.8 Å². The molecule has 1 aliphatic heterocycles. The Labute approximate surface area is 109 Å². The highest BCUT2D eigenvalue weighted by molar-refractivity contribution is 5.67. The highest BCUT2D eigenvalue weighted by Crippen LogP contribution is 2.16. The molecular formula is C13H26N2O3. The summed E-state index contributed by atoms with van der Waals surface area (Å²) in [5.41, 5.74) is -0.448. The van der Waals surface area contributed by atoms with Gasteiger partial charge in [0.05, 0.1) is 0 Å². The highest BCUT2D eigenvalue weighted by Gasteiger charge is 2.25. The van der Waals surface area contributed by atoms with Gasteiger partial charge in [0, 0.05) is 25.7 Å². The Bertz CT molecular complexity index is 263. The van der Waals surface area contributed by atoms with Crippen molar-refractivity contribution in [2.24, 2.45) is 0 Å². The van der Waals surface area contributed by atoms with E-state index >= 15 is 0 Å². The second-order valence-corrected chi connectivity index (χ2v) is 5.79. The molecule has 18 heavy (non-hydrogen) atoms. The molecule has 0 saturated carbocycles. The number of amides is 1. The number of aliphatic hydroxyl groups excluding tert-OH is 1. The predicted molar refractivity (Wildman–Crippen MR) is 70.5 cm³/mol. The molecule has 1 amide bonds. The van der Waals surface area contributed by atoms with Crippen LogP contribution in [0.5, 0.6) is 0 Å². The van der Waals surface area contributed by atoms with Crippen LogP contribution in [-0.4, -0.2) is 54.0 Å². The van der Waals surface area contributed by atoms with Crippen LogP contribution in [0.2, 0.25) is 0 Å². The van der Waals surface area contributed by atoms with Gasteiger partial charge in [0.25, 0.3) is 0 Å². The number of aliphatic hydroxyl groups is 1. The minimum Gasteiger partial charge on any atom is -0.444 e. The van der Waals surface area contributed by atoms with Crippen molar-refractivity contribution >= 4 is 6.09 Å². The third kappa shape index (κ3) is 5.69. The van der Waals surface area contributed by atoms with Crippen molar-refractivity contribution in [2.75, 3.05) is 26.2 Å². The van der Waals surface area contributed by atoms with Crippen LogP contribution in [0.15, 0.2) is 0 Å². The third-order valence-corrected chi connectivity index (χ3v) is 2.98. The van der Waals surface area contributed by atoms with E-state index < -0.39 is 5.60 Å². The van der Waals surface area contributed by atoms with Gasteiger partial charge >= 0.3 is 6.09 Å². The fourth-order valence-electron chi connectivity index (χ4n) is 2.21. The molecule has 1 rings (SSSR count). The van der Waals surface area contributed by atoms with Crippen molar-refractivity contribution in [1.82, 2.24) is 10.2 Å². The molecule has 2 N–H and O–H groups in total. The number of ether oxygens (including phenoxy) is 1. The van der Waals surface area contributed by atoms with Gasteiger partial charge in [-0.05, 0) is 46.6 Å².